The Hall–Kier alpha value is -2.75. The molecule has 0 radical (unpaired) electrons. The van der Waals surface area contributed by atoms with Crippen molar-refractivity contribution < 1.29 is 22.3 Å². The maximum absolute atomic E-state index is 13.0. The molecule has 0 saturated carbocycles. The minimum absolute atomic E-state index is 0.0694. The zero-order valence-corrected chi connectivity index (χ0v) is 18.2. The van der Waals surface area contributed by atoms with Gasteiger partial charge >= 0.3 is 0 Å². The van der Waals surface area contributed by atoms with Gasteiger partial charge < -0.3 is 10.1 Å². The summed E-state index contributed by atoms with van der Waals surface area (Å²) >= 11 is 1.12. The Balaban J connectivity index is 1.38. The van der Waals surface area contributed by atoms with Crippen molar-refractivity contribution in [3.63, 3.8) is 0 Å². The van der Waals surface area contributed by atoms with Crippen LogP contribution in [0.2, 0.25) is 0 Å². The minimum atomic E-state index is -3.65. The predicted molar refractivity (Wildman–Crippen MR) is 116 cm³/mol. The van der Waals surface area contributed by atoms with E-state index in [-0.39, 0.29) is 22.1 Å². The number of sulfonamides is 1. The second kappa shape index (κ2) is 9.17. The summed E-state index contributed by atoms with van der Waals surface area (Å²) in [6.07, 6.45) is 1.68. The molecule has 162 valence electrons. The molecule has 0 unspecified atom stereocenters. The number of carbonyl (C=O) groups excluding carboxylic acids is 1. The third kappa shape index (κ3) is 4.95. The van der Waals surface area contributed by atoms with Crippen molar-refractivity contribution in [2.24, 2.45) is 0 Å². The number of hydrogen-bond donors (Lipinski definition) is 1. The van der Waals surface area contributed by atoms with Gasteiger partial charge in [-0.25, -0.2) is 12.8 Å². The van der Waals surface area contributed by atoms with E-state index in [4.69, 9.17) is 4.74 Å². The molecule has 2 heterocycles. The molecular formula is C22H21FN2O4S2. The first-order chi connectivity index (χ1) is 14.9. The molecule has 1 fully saturated rings. The maximum atomic E-state index is 13.0. The smallest absolute Gasteiger partial charge is 0.263 e. The lowest BCUT2D eigenvalue weighted by atomic mass is 10.2. The predicted octanol–water partition coefficient (Wildman–Crippen LogP) is 4.39. The van der Waals surface area contributed by atoms with Gasteiger partial charge in [-0.05, 0) is 66.2 Å². The molecule has 0 atom stereocenters. The minimum Gasteiger partial charge on any atom is -0.457 e. The highest BCUT2D eigenvalue weighted by atomic mass is 32.2. The molecule has 1 amide bonds. The average Bonchev–Trinajstić information content (AvgIpc) is 3.47. The van der Waals surface area contributed by atoms with Gasteiger partial charge in [0, 0.05) is 19.6 Å². The van der Waals surface area contributed by atoms with Crippen LogP contribution in [0.3, 0.4) is 0 Å². The lowest BCUT2D eigenvalue weighted by Crippen LogP contribution is -2.30. The van der Waals surface area contributed by atoms with Crippen LogP contribution < -0.4 is 10.1 Å². The molecular weight excluding hydrogens is 439 g/mol. The number of thiophene rings is 1. The van der Waals surface area contributed by atoms with Crippen LogP contribution in [-0.4, -0.2) is 31.7 Å². The molecule has 4 rings (SSSR count). The number of benzene rings is 2. The lowest BCUT2D eigenvalue weighted by Gasteiger charge is -2.15. The summed E-state index contributed by atoms with van der Waals surface area (Å²) in [5, 5.41) is 4.41. The summed E-state index contributed by atoms with van der Waals surface area (Å²) in [6, 6.07) is 14.3. The third-order valence-electron chi connectivity index (χ3n) is 4.94. The van der Waals surface area contributed by atoms with Crippen LogP contribution >= 0.6 is 11.3 Å². The van der Waals surface area contributed by atoms with Gasteiger partial charge in [-0.1, -0.05) is 12.1 Å². The highest BCUT2D eigenvalue weighted by Gasteiger charge is 2.31. The Bertz CT molecular complexity index is 1150. The first kappa shape index (κ1) is 21.5. The molecule has 0 bridgehead atoms. The Kier molecular flexibility index (Phi) is 6.35. The van der Waals surface area contributed by atoms with Crippen molar-refractivity contribution >= 4 is 27.3 Å². The van der Waals surface area contributed by atoms with Crippen molar-refractivity contribution in [3.8, 4) is 11.5 Å². The fourth-order valence-electron chi connectivity index (χ4n) is 3.31. The fourth-order valence-corrected chi connectivity index (χ4v) is 6.14. The molecule has 6 nitrogen and oxygen atoms in total. The number of halogens is 1. The third-order valence-corrected chi connectivity index (χ3v) is 7.93. The molecule has 3 aromatic rings. The van der Waals surface area contributed by atoms with Gasteiger partial charge in [0.25, 0.3) is 5.91 Å². The summed E-state index contributed by atoms with van der Waals surface area (Å²) in [5.41, 5.74) is 0.834. The van der Waals surface area contributed by atoms with E-state index in [1.54, 1.807) is 29.6 Å². The topological polar surface area (TPSA) is 75.7 Å². The van der Waals surface area contributed by atoms with E-state index in [0.717, 1.165) is 29.7 Å². The van der Waals surface area contributed by atoms with Gasteiger partial charge in [0.1, 0.15) is 27.1 Å². The van der Waals surface area contributed by atoms with Crippen LogP contribution in [0.15, 0.2) is 64.9 Å². The average molecular weight is 461 g/mol. The molecule has 2 aromatic carbocycles. The number of ether oxygens (including phenoxy) is 1. The van der Waals surface area contributed by atoms with Crippen molar-refractivity contribution in [2.75, 3.05) is 13.1 Å². The highest BCUT2D eigenvalue weighted by molar-refractivity contribution is 7.89. The normalized spacial score (nSPS) is 14.5. The van der Waals surface area contributed by atoms with E-state index in [0.29, 0.717) is 24.6 Å². The number of hydrogen-bond acceptors (Lipinski definition) is 5. The Morgan fingerprint density at radius 2 is 1.61 bits per heavy atom. The Morgan fingerprint density at radius 3 is 2.26 bits per heavy atom. The van der Waals surface area contributed by atoms with Gasteiger partial charge in [-0.15, -0.1) is 11.3 Å². The van der Waals surface area contributed by atoms with Gasteiger partial charge in [-0.2, -0.15) is 4.31 Å². The zero-order valence-electron chi connectivity index (χ0n) is 16.6. The van der Waals surface area contributed by atoms with Gasteiger partial charge in [-0.3, -0.25) is 4.79 Å². The summed E-state index contributed by atoms with van der Waals surface area (Å²) in [4.78, 5) is 12.9. The highest BCUT2D eigenvalue weighted by Crippen LogP contribution is 2.28. The van der Waals surface area contributed by atoms with Crippen molar-refractivity contribution in [1.82, 2.24) is 9.62 Å². The molecule has 1 N–H and O–H groups in total. The largest absolute Gasteiger partial charge is 0.457 e. The molecule has 1 aliphatic rings. The molecule has 9 heteroatoms. The van der Waals surface area contributed by atoms with E-state index in [2.05, 4.69) is 5.32 Å². The number of nitrogens with zero attached hydrogens (tertiary/aromatic N) is 1. The summed E-state index contributed by atoms with van der Waals surface area (Å²) in [7, 11) is -3.65. The molecule has 1 aromatic heterocycles. The Morgan fingerprint density at radius 1 is 1.00 bits per heavy atom. The number of rotatable bonds is 7. The standard InChI is InChI=1S/C22H21FN2O4S2/c23-17-5-9-19(10-6-17)29-18-7-3-16(4-8-18)15-24-22(26)21-20(11-14-30-21)31(27,28)25-12-1-2-13-25/h3-11,14H,1-2,12-13,15H2,(H,24,26). The number of carbonyl (C=O) groups is 1. The SMILES string of the molecule is O=C(NCc1ccc(Oc2ccc(F)cc2)cc1)c1sccc1S(=O)(=O)N1CCCC1. The molecule has 0 aliphatic carbocycles. The molecule has 31 heavy (non-hydrogen) atoms. The molecule has 1 saturated heterocycles. The number of amides is 1. The summed E-state index contributed by atoms with van der Waals surface area (Å²) in [5.74, 6) is 0.353. The van der Waals surface area contributed by atoms with Crippen molar-refractivity contribution in [3.05, 3.63) is 76.2 Å². The van der Waals surface area contributed by atoms with Crippen LogP contribution in [0.25, 0.3) is 0 Å². The van der Waals surface area contributed by atoms with E-state index < -0.39 is 15.9 Å². The zero-order chi connectivity index (χ0) is 21.8. The van der Waals surface area contributed by atoms with E-state index in [1.165, 1.54) is 34.6 Å². The van der Waals surface area contributed by atoms with Crippen LogP contribution in [0.5, 0.6) is 11.5 Å². The van der Waals surface area contributed by atoms with Crippen LogP contribution in [0.4, 0.5) is 4.39 Å². The van der Waals surface area contributed by atoms with Gasteiger partial charge in [0.2, 0.25) is 10.0 Å². The number of nitrogens with one attached hydrogen (secondary N) is 1. The lowest BCUT2D eigenvalue weighted by molar-refractivity contribution is 0.0952. The van der Waals surface area contributed by atoms with E-state index in [9.17, 15) is 17.6 Å². The van der Waals surface area contributed by atoms with E-state index >= 15 is 0 Å². The summed E-state index contributed by atoms with van der Waals surface area (Å²) < 4.78 is 45.7. The van der Waals surface area contributed by atoms with Crippen LogP contribution in [0.1, 0.15) is 28.1 Å². The molecule has 0 spiro atoms. The van der Waals surface area contributed by atoms with Gasteiger partial charge in [0.05, 0.1) is 0 Å². The first-order valence-corrected chi connectivity index (χ1v) is 12.1. The second-order valence-corrected chi connectivity index (χ2v) is 9.93. The Labute approximate surface area is 184 Å². The van der Waals surface area contributed by atoms with Crippen molar-refractivity contribution in [1.29, 1.82) is 0 Å². The fraction of sp³-hybridized carbons (Fsp3) is 0.227. The summed E-state index contributed by atoms with van der Waals surface area (Å²) in [6.45, 7) is 1.23. The monoisotopic (exact) mass is 460 g/mol. The molecule has 1 aliphatic heterocycles. The van der Waals surface area contributed by atoms with Crippen LogP contribution in [-0.2, 0) is 16.6 Å². The quantitative estimate of drug-likeness (QED) is 0.567. The van der Waals surface area contributed by atoms with Crippen molar-refractivity contribution in [2.45, 2.75) is 24.3 Å². The first-order valence-electron chi connectivity index (χ1n) is 9.82. The van der Waals surface area contributed by atoms with Crippen LogP contribution in [0, 0.1) is 5.82 Å². The second-order valence-electron chi connectivity index (χ2n) is 7.11. The van der Waals surface area contributed by atoms with Gasteiger partial charge in [0.15, 0.2) is 0 Å². The van der Waals surface area contributed by atoms with E-state index in [1.807, 2.05) is 0 Å². The maximum Gasteiger partial charge on any atom is 0.263 e.